The summed E-state index contributed by atoms with van der Waals surface area (Å²) in [5, 5.41) is 0. The molecule has 1 saturated heterocycles. The number of benzene rings is 2. The van der Waals surface area contributed by atoms with Crippen LogP contribution in [0.2, 0.25) is 0 Å². The third-order valence-corrected chi connectivity index (χ3v) is 6.74. The van der Waals surface area contributed by atoms with Crippen molar-refractivity contribution < 1.29 is 14.3 Å². The van der Waals surface area contributed by atoms with E-state index in [1.54, 1.807) is 11.3 Å². The van der Waals surface area contributed by atoms with Crippen molar-refractivity contribution in [1.29, 1.82) is 0 Å². The van der Waals surface area contributed by atoms with Crippen molar-refractivity contribution in [3.05, 3.63) is 59.8 Å². The molecular weight excluding hydrogens is 422 g/mol. The molecule has 1 unspecified atom stereocenters. The smallest absolute Gasteiger partial charge is 0.410 e. The summed E-state index contributed by atoms with van der Waals surface area (Å²) in [6.07, 6.45) is 4.56. The summed E-state index contributed by atoms with van der Waals surface area (Å²) in [6.45, 7) is 6.40. The first-order chi connectivity index (χ1) is 15.3. The molecule has 164 valence electrons. The second-order valence-corrected chi connectivity index (χ2v) is 10.2. The van der Waals surface area contributed by atoms with E-state index in [1.807, 2.05) is 50.1 Å². The number of ether oxygens (including phenoxy) is 1. The number of aldehydes is 1. The van der Waals surface area contributed by atoms with Gasteiger partial charge in [-0.2, -0.15) is 0 Å². The molecule has 0 saturated carbocycles. The van der Waals surface area contributed by atoms with Crippen molar-refractivity contribution in [2.24, 2.45) is 0 Å². The molecule has 0 N–H and O–H groups in total. The van der Waals surface area contributed by atoms with Crippen LogP contribution in [0.4, 0.5) is 4.79 Å². The van der Waals surface area contributed by atoms with Crippen LogP contribution in [0.25, 0.3) is 26.4 Å². The van der Waals surface area contributed by atoms with Gasteiger partial charge in [0.25, 0.3) is 0 Å². The molecule has 1 aliphatic rings. The monoisotopic (exact) mass is 447 g/mol. The Balaban J connectivity index is 1.40. The zero-order chi connectivity index (χ0) is 22.5. The van der Waals surface area contributed by atoms with Crippen molar-refractivity contribution in [2.45, 2.75) is 45.3 Å². The number of hydrogen-bond acceptors (Lipinski definition) is 5. The lowest BCUT2D eigenvalue weighted by Gasteiger charge is -2.28. The fourth-order valence-electron chi connectivity index (χ4n) is 4.26. The minimum Gasteiger partial charge on any atom is -0.444 e. The second kappa shape index (κ2) is 7.74. The average molecular weight is 448 g/mol. The maximum Gasteiger partial charge on any atom is 0.410 e. The fraction of sp³-hybridized carbons (Fsp3) is 0.320. The Labute approximate surface area is 190 Å². The molecule has 0 spiro atoms. The van der Waals surface area contributed by atoms with Crippen LogP contribution in [-0.4, -0.2) is 38.8 Å². The average Bonchev–Trinajstić information content (AvgIpc) is 3.46. The maximum atomic E-state index is 12.6. The van der Waals surface area contributed by atoms with Gasteiger partial charge in [-0.3, -0.25) is 9.20 Å². The van der Waals surface area contributed by atoms with Gasteiger partial charge in [0, 0.05) is 23.9 Å². The number of thiazole rings is 1. The van der Waals surface area contributed by atoms with Gasteiger partial charge in [0.15, 0.2) is 4.96 Å². The van der Waals surface area contributed by atoms with Crippen LogP contribution in [0.1, 0.15) is 55.6 Å². The Hall–Kier alpha value is -3.19. The summed E-state index contributed by atoms with van der Waals surface area (Å²) in [7, 11) is 0. The van der Waals surface area contributed by atoms with Gasteiger partial charge in [0.05, 0.1) is 22.0 Å². The number of nitrogens with zero attached hydrogens (tertiary/aromatic N) is 3. The number of carbonyl (C=O) groups is 2. The molecule has 32 heavy (non-hydrogen) atoms. The molecule has 3 heterocycles. The predicted octanol–water partition coefficient (Wildman–Crippen LogP) is 6.10. The lowest BCUT2D eigenvalue weighted by Crippen LogP contribution is -2.36. The highest BCUT2D eigenvalue weighted by Crippen LogP contribution is 2.35. The van der Waals surface area contributed by atoms with Gasteiger partial charge in [0.2, 0.25) is 0 Å². The first-order valence-corrected chi connectivity index (χ1v) is 11.6. The van der Waals surface area contributed by atoms with Gasteiger partial charge in [-0.05, 0) is 57.4 Å². The van der Waals surface area contributed by atoms with Crippen LogP contribution in [0.5, 0.6) is 0 Å². The lowest BCUT2D eigenvalue weighted by molar-refractivity contribution is 0.0224. The summed E-state index contributed by atoms with van der Waals surface area (Å²) in [5.74, 6) is 0. The molecule has 1 aliphatic heterocycles. The number of aromatic nitrogens is 2. The fourth-order valence-corrected chi connectivity index (χ4v) is 5.31. The number of rotatable bonds is 3. The topological polar surface area (TPSA) is 63.9 Å². The van der Waals surface area contributed by atoms with Crippen LogP contribution in [0, 0.1) is 0 Å². The molecule has 1 atom stereocenters. The molecule has 0 radical (unpaired) electrons. The summed E-state index contributed by atoms with van der Waals surface area (Å²) in [5.41, 5.74) is 4.27. The molecule has 1 fully saturated rings. The highest BCUT2D eigenvalue weighted by Gasteiger charge is 2.33. The van der Waals surface area contributed by atoms with E-state index in [2.05, 4.69) is 28.7 Å². The van der Waals surface area contributed by atoms with Crippen molar-refractivity contribution in [1.82, 2.24) is 14.3 Å². The van der Waals surface area contributed by atoms with Gasteiger partial charge in [0.1, 0.15) is 11.9 Å². The van der Waals surface area contributed by atoms with Crippen LogP contribution >= 0.6 is 11.3 Å². The Bertz CT molecular complexity index is 1310. The van der Waals surface area contributed by atoms with Crippen molar-refractivity contribution in [3.63, 3.8) is 0 Å². The molecule has 0 aliphatic carbocycles. The highest BCUT2D eigenvalue weighted by molar-refractivity contribution is 7.23. The van der Waals surface area contributed by atoms with Gasteiger partial charge in [-0.25, -0.2) is 9.78 Å². The first-order valence-electron chi connectivity index (χ1n) is 10.8. The van der Waals surface area contributed by atoms with Crippen molar-refractivity contribution >= 4 is 38.9 Å². The molecule has 2 aromatic heterocycles. The second-order valence-electron chi connectivity index (χ2n) is 9.18. The van der Waals surface area contributed by atoms with Crippen LogP contribution < -0.4 is 0 Å². The number of amides is 1. The molecule has 0 bridgehead atoms. The SMILES string of the molecule is CC(C)(C)OC(=O)N1CCCC1c1ccc(-c2cn3c(n2)sc2cc(C=O)ccc23)cc1. The maximum absolute atomic E-state index is 12.6. The predicted molar refractivity (Wildman–Crippen MR) is 126 cm³/mol. The lowest BCUT2D eigenvalue weighted by atomic mass is 10.0. The molecule has 7 heteroatoms. The number of hydrogen-bond donors (Lipinski definition) is 0. The third kappa shape index (κ3) is 3.77. The number of likely N-dealkylation sites (tertiary alicyclic amines) is 1. The summed E-state index contributed by atoms with van der Waals surface area (Å²) in [6, 6.07) is 14.0. The minimum atomic E-state index is -0.499. The van der Waals surface area contributed by atoms with Gasteiger partial charge >= 0.3 is 6.09 Å². The molecule has 1 amide bonds. The Morgan fingerprint density at radius 1 is 1.19 bits per heavy atom. The first kappa shape index (κ1) is 20.7. The van der Waals surface area contributed by atoms with Crippen LogP contribution in [-0.2, 0) is 4.74 Å². The summed E-state index contributed by atoms with van der Waals surface area (Å²) >= 11 is 1.57. The van der Waals surface area contributed by atoms with Crippen molar-refractivity contribution in [3.8, 4) is 11.3 Å². The van der Waals surface area contributed by atoms with Gasteiger partial charge in [-0.15, -0.1) is 0 Å². The van der Waals surface area contributed by atoms with Gasteiger partial charge < -0.3 is 9.64 Å². The highest BCUT2D eigenvalue weighted by atomic mass is 32.1. The molecule has 4 aromatic rings. The number of fused-ring (bicyclic) bond motifs is 3. The molecule has 2 aromatic carbocycles. The van der Waals surface area contributed by atoms with E-state index in [-0.39, 0.29) is 12.1 Å². The largest absolute Gasteiger partial charge is 0.444 e. The molecular formula is C25H25N3O3S. The van der Waals surface area contributed by atoms with Crippen LogP contribution in [0.3, 0.4) is 0 Å². The number of imidazole rings is 1. The minimum absolute atomic E-state index is 0.0420. The van der Waals surface area contributed by atoms with E-state index in [9.17, 15) is 9.59 Å². The quantitative estimate of drug-likeness (QED) is 0.356. The van der Waals surface area contributed by atoms with Crippen LogP contribution in [0.15, 0.2) is 48.7 Å². The van der Waals surface area contributed by atoms with Gasteiger partial charge in [-0.1, -0.05) is 35.6 Å². The van der Waals surface area contributed by atoms with E-state index >= 15 is 0 Å². The number of carbonyl (C=O) groups excluding carboxylic acids is 2. The van der Waals surface area contributed by atoms with E-state index in [1.165, 1.54) is 0 Å². The molecule has 6 nitrogen and oxygen atoms in total. The normalized spacial score (nSPS) is 16.7. The van der Waals surface area contributed by atoms with E-state index in [0.717, 1.165) is 57.7 Å². The van der Waals surface area contributed by atoms with E-state index < -0.39 is 5.60 Å². The van der Waals surface area contributed by atoms with E-state index in [0.29, 0.717) is 5.56 Å². The third-order valence-electron chi connectivity index (χ3n) is 5.73. The Kier molecular flexibility index (Phi) is 5.01. The van der Waals surface area contributed by atoms with Crippen molar-refractivity contribution in [2.75, 3.05) is 6.54 Å². The Morgan fingerprint density at radius 2 is 1.97 bits per heavy atom. The van der Waals surface area contributed by atoms with E-state index in [4.69, 9.17) is 9.72 Å². The summed E-state index contributed by atoms with van der Waals surface area (Å²) < 4.78 is 8.71. The standard InChI is InChI=1S/C25H25N3O3S/c1-25(2,3)31-24(30)27-12-4-5-20(27)18-9-7-17(8-10-18)19-14-28-21-11-6-16(15-29)13-22(21)32-23(28)26-19/h6-11,13-15,20H,4-5,12H2,1-3H3. The molecule has 5 rings (SSSR count). The Morgan fingerprint density at radius 3 is 2.69 bits per heavy atom. The zero-order valence-electron chi connectivity index (χ0n) is 18.4. The summed E-state index contributed by atoms with van der Waals surface area (Å²) in [4.78, 5) is 31.2. The zero-order valence-corrected chi connectivity index (χ0v) is 19.2.